The first-order chi connectivity index (χ1) is 8.24. The minimum Gasteiger partial charge on any atom is -0.478 e. The molecule has 0 spiro atoms. The zero-order valence-electron chi connectivity index (χ0n) is 9.98. The number of nitrogens with zero attached hydrogens (tertiary/aromatic N) is 1. The SMILES string of the molecule is CSCCCCCNc1cc(C(=O)O)ccn1. The van der Waals surface area contributed by atoms with Crippen LogP contribution in [0.15, 0.2) is 18.3 Å². The Labute approximate surface area is 106 Å². The molecule has 0 saturated heterocycles. The largest absolute Gasteiger partial charge is 0.478 e. The van der Waals surface area contributed by atoms with Crippen LogP contribution in [0.5, 0.6) is 0 Å². The van der Waals surface area contributed by atoms with Gasteiger partial charge < -0.3 is 10.4 Å². The van der Waals surface area contributed by atoms with E-state index in [4.69, 9.17) is 5.11 Å². The highest BCUT2D eigenvalue weighted by atomic mass is 32.2. The molecular weight excluding hydrogens is 236 g/mol. The van der Waals surface area contributed by atoms with E-state index in [1.165, 1.54) is 30.9 Å². The zero-order valence-corrected chi connectivity index (χ0v) is 10.8. The Hall–Kier alpha value is -1.23. The van der Waals surface area contributed by atoms with E-state index < -0.39 is 5.97 Å². The van der Waals surface area contributed by atoms with Crippen LogP contribution in [0.1, 0.15) is 29.6 Å². The maximum absolute atomic E-state index is 10.7. The molecule has 2 N–H and O–H groups in total. The third kappa shape index (κ3) is 5.58. The number of aromatic carboxylic acids is 1. The number of hydrogen-bond acceptors (Lipinski definition) is 4. The predicted molar refractivity (Wildman–Crippen MR) is 71.9 cm³/mol. The van der Waals surface area contributed by atoms with Gasteiger partial charge in [0.15, 0.2) is 0 Å². The number of hydrogen-bond donors (Lipinski definition) is 2. The van der Waals surface area contributed by atoms with Crippen molar-refractivity contribution in [1.82, 2.24) is 4.98 Å². The number of thioether (sulfide) groups is 1. The van der Waals surface area contributed by atoms with Gasteiger partial charge >= 0.3 is 5.97 Å². The Bertz CT molecular complexity index is 358. The number of carboxylic acid groups (broad SMARTS) is 1. The van der Waals surface area contributed by atoms with Gasteiger partial charge in [0, 0.05) is 12.7 Å². The lowest BCUT2D eigenvalue weighted by Crippen LogP contribution is -2.05. The third-order valence-corrected chi connectivity index (χ3v) is 3.04. The van der Waals surface area contributed by atoms with Crippen molar-refractivity contribution in [2.45, 2.75) is 19.3 Å². The fourth-order valence-electron chi connectivity index (χ4n) is 1.42. The maximum Gasteiger partial charge on any atom is 0.335 e. The van der Waals surface area contributed by atoms with E-state index in [2.05, 4.69) is 16.6 Å². The molecule has 1 heterocycles. The van der Waals surface area contributed by atoms with Crippen molar-refractivity contribution in [3.63, 3.8) is 0 Å². The van der Waals surface area contributed by atoms with E-state index in [0.717, 1.165) is 13.0 Å². The number of pyridine rings is 1. The predicted octanol–water partition coefficient (Wildman–Crippen LogP) is 2.73. The summed E-state index contributed by atoms with van der Waals surface area (Å²) in [6, 6.07) is 3.05. The van der Waals surface area contributed by atoms with Crippen molar-refractivity contribution in [3.05, 3.63) is 23.9 Å². The average Bonchev–Trinajstić information content (AvgIpc) is 2.34. The fraction of sp³-hybridized carbons (Fsp3) is 0.500. The molecule has 0 aromatic carbocycles. The molecule has 0 radical (unpaired) electrons. The fourth-order valence-corrected chi connectivity index (χ4v) is 1.92. The topological polar surface area (TPSA) is 62.2 Å². The summed E-state index contributed by atoms with van der Waals surface area (Å²) in [6.07, 6.45) is 7.12. The second-order valence-corrected chi connectivity index (χ2v) is 4.70. The lowest BCUT2D eigenvalue weighted by molar-refractivity contribution is 0.0697. The van der Waals surface area contributed by atoms with Gasteiger partial charge in [-0.05, 0) is 37.0 Å². The first kappa shape index (κ1) is 13.8. The van der Waals surface area contributed by atoms with Crippen LogP contribution in [0.25, 0.3) is 0 Å². The molecule has 0 aliphatic carbocycles. The molecule has 1 rings (SSSR count). The molecule has 0 fully saturated rings. The van der Waals surface area contributed by atoms with Gasteiger partial charge in [-0.25, -0.2) is 9.78 Å². The Morgan fingerprint density at radius 3 is 3.00 bits per heavy atom. The summed E-state index contributed by atoms with van der Waals surface area (Å²) in [4.78, 5) is 14.8. The van der Waals surface area contributed by atoms with Crippen LogP contribution in [-0.4, -0.2) is 34.6 Å². The molecule has 0 aliphatic rings. The summed E-state index contributed by atoms with van der Waals surface area (Å²) in [7, 11) is 0. The second kappa shape index (κ2) is 7.95. The Morgan fingerprint density at radius 2 is 2.29 bits per heavy atom. The molecule has 5 heteroatoms. The number of anilines is 1. The smallest absolute Gasteiger partial charge is 0.335 e. The van der Waals surface area contributed by atoms with Crippen molar-refractivity contribution in [2.24, 2.45) is 0 Å². The molecule has 0 atom stereocenters. The van der Waals surface area contributed by atoms with Gasteiger partial charge in [0.25, 0.3) is 0 Å². The van der Waals surface area contributed by atoms with Gasteiger partial charge in [0.05, 0.1) is 5.56 Å². The van der Waals surface area contributed by atoms with Crippen LogP contribution in [0.3, 0.4) is 0 Å². The van der Waals surface area contributed by atoms with Gasteiger partial charge in [-0.3, -0.25) is 0 Å². The zero-order chi connectivity index (χ0) is 12.5. The standard InChI is InChI=1S/C12H18N2O2S/c1-17-8-4-2-3-6-13-11-9-10(12(15)16)5-7-14-11/h5,7,9H,2-4,6,8H2,1H3,(H,13,14)(H,15,16). The molecule has 1 aromatic heterocycles. The molecule has 0 aliphatic heterocycles. The van der Waals surface area contributed by atoms with Crippen molar-refractivity contribution < 1.29 is 9.90 Å². The molecular formula is C12H18N2O2S. The van der Waals surface area contributed by atoms with Crippen molar-refractivity contribution in [3.8, 4) is 0 Å². The van der Waals surface area contributed by atoms with Crippen LogP contribution in [0.4, 0.5) is 5.82 Å². The summed E-state index contributed by atoms with van der Waals surface area (Å²) < 4.78 is 0. The second-order valence-electron chi connectivity index (χ2n) is 3.72. The molecule has 94 valence electrons. The van der Waals surface area contributed by atoms with Crippen LogP contribution in [0, 0.1) is 0 Å². The quantitative estimate of drug-likeness (QED) is 0.698. The van der Waals surface area contributed by atoms with Gasteiger partial charge in [0.2, 0.25) is 0 Å². The normalized spacial score (nSPS) is 10.2. The summed E-state index contributed by atoms with van der Waals surface area (Å²) in [5.74, 6) is 0.914. The number of unbranched alkanes of at least 4 members (excludes halogenated alkanes) is 2. The minimum atomic E-state index is -0.921. The van der Waals surface area contributed by atoms with Crippen LogP contribution >= 0.6 is 11.8 Å². The van der Waals surface area contributed by atoms with Crippen LogP contribution in [0.2, 0.25) is 0 Å². The van der Waals surface area contributed by atoms with E-state index in [9.17, 15) is 4.79 Å². The highest BCUT2D eigenvalue weighted by Crippen LogP contribution is 2.08. The summed E-state index contributed by atoms with van der Waals surface area (Å²) in [5, 5.41) is 12.0. The minimum absolute atomic E-state index is 0.268. The molecule has 0 amide bonds. The molecule has 1 aromatic rings. The van der Waals surface area contributed by atoms with Gasteiger partial charge in [-0.2, -0.15) is 11.8 Å². The van der Waals surface area contributed by atoms with Crippen molar-refractivity contribution in [2.75, 3.05) is 23.9 Å². The number of carboxylic acids is 1. The average molecular weight is 254 g/mol. The Morgan fingerprint density at radius 1 is 1.47 bits per heavy atom. The van der Waals surface area contributed by atoms with Crippen LogP contribution in [-0.2, 0) is 0 Å². The van der Waals surface area contributed by atoms with E-state index >= 15 is 0 Å². The molecule has 0 bridgehead atoms. The molecule has 0 saturated carbocycles. The summed E-state index contributed by atoms with van der Waals surface area (Å²) >= 11 is 1.86. The lowest BCUT2D eigenvalue weighted by Gasteiger charge is -2.05. The molecule has 17 heavy (non-hydrogen) atoms. The Balaban J connectivity index is 2.27. The van der Waals surface area contributed by atoms with Gasteiger partial charge in [-0.1, -0.05) is 6.42 Å². The third-order valence-electron chi connectivity index (χ3n) is 2.34. The maximum atomic E-state index is 10.7. The number of nitrogens with one attached hydrogen (secondary N) is 1. The summed E-state index contributed by atoms with van der Waals surface area (Å²) in [6.45, 7) is 0.838. The van der Waals surface area contributed by atoms with E-state index in [1.54, 1.807) is 6.07 Å². The first-order valence-electron chi connectivity index (χ1n) is 5.66. The lowest BCUT2D eigenvalue weighted by atomic mass is 10.2. The molecule has 4 nitrogen and oxygen atoms in total. The monoisotopic (exact) mass is 254 g/mol. The van der Waals surface area contributed by atoms with Crippen molar-refractivity contribution in [1.29, 1.82) is 0 Å². The van der Waals surface area contributed by atoms with Crippen LogP contribution < -0.4 is 5.32 Å². The summed E-state index contributed by atoms with van der Waals surface area (Å²) in [5.41, 5.74) is 0.268. The van der Waals surface area contributed by atoms with Gasteiger partial charge in [-0.15, -0.1) is 0 Å². The molecule has 0 unspecified atom stereocenters. The first-order valence-corrected chi connectivity index (χ1v) is 7.05. The van der Waals surface area contributed by atoms with E-state index in [-0.39, 0.29) is 5.56 Å². The Kier molecular flexibility index (Phi) is 6.47. The number of carbonyl (C=O) groups is 1. The number of aromatic nitrogens is 1. The number of rotatable bonds is 8. The van der Waals surface area contributed by atoms with E-state index in [0.29, 0.717) is 5.82 Å². The highest BCUT2D eigenvalue weighted by molar-refractivity contribution is 7.98. The van der Waals surface area contributed by atoms with Crippen molar-refractivity contribution >= 4 is 23.5 Å². The van der Waals surface area contributed by atoms with E-state index in [1.807, 2.05) is 11.8 Å². The highest BCUT2D eigenvalue weighted by Gasteiger charge is 2.03. The van der Waals surface area contributed by atoms with Gasteiger partial charge in [0.1, 0.15) is 5.82 Å².